The molecule has 0 radical (unpaired) electrons. The van der Waals surface area contributed by atoms with Gasteiger partial charge >= 0.3 is 0 Å². The first kappa shape index (κ1) is 21.6. The van der Waals surface area contributed by atoms with Crippen LogP contribution < -0.4 is 9.62 Å². The minimum Gasteiger partial charge on any atom is -0.348 e. The first-order valence-corrected chi connectivity index (χ1v) is 11.2. The Morgan fingerprint density at radius 1 is 0.933 bits per heavy atom. The van der Waals surface area contributed by atoms with E-state index in [2.05, 4.69) is 11.4 Å². The fourth-order valence-corrected chi connectivity index (χ4v) is 4.88. The van der Waals surface area contributed by atoms with Gasteiger partial charge in [0.25, 0.3) is 10.0 Å². The third-order valence-corrected chi connectivity index (χ3v) is 6.72. The Morgan fingerprint density at radius 3 is 2.13 bits per heavy atom. The zero-order valence-electron chi connectivity index (χ0n) is 17.4. The lowest BCUT2D eigenvalue weighted by Gasteiger charge is -2.25. The maximum Gasteiger partial charge on any atom is 0.264 e. The van der Waals surface area contributed by atoms with E-state index in [1.54, 1.807) is 48.5 Å². The highest BCUT2D eigenvalue weighted by Crippen LogP contribution is 2.24. The predicted octanol–water partition coefficient (Wildman–Crippen LogP) is 4.38. The molecule has 0 saturated carbocycles. The molecule has 0 unspecified atom stereocenters. The molecule has 3 rings (SSSR count). The molecule has 1 N–H and O–H groups in total. The van der Waals surface area contributed by atoms with Gasteiger partial charge in [0.15, 0.2) is 0 Å². The van der Waals surface area contributed by atoms with E-state index in [-0.39, 0.29) is 23.4 Å². The highest BCUT2D eigenvalue weighted by atomic mass is 32.2. The molecule has 0 bridgehead atoms. The summed E-state index contributed by atoms with van der Waals surface area (Å²) in [4.78, 5) is 13.0. The molecule has 0 fully saturated rings. The third kappa shape index (κ3) is 4.89. The molecule has 3 aromatic carbocycles. The summed E-state index contributed by atoms with van der Waals surface area (Å²) in [5.74, 6) is -0.370. The van der Waals surface area contributed by atoms with Gasteiger partial charge in [0.05, 0.1) is 16.6 Å². The zero-order valence-corrected chi connectivity index (χ0v) is 18.2. The number of anilines is 1. The number of nitrogens with one attached hydrogen (secondary N) is 1. The molecule has 30 heavy (non-hydrogen) atoms. The van der Waals surface area contributed by atoms with Gasteiger partial charge in [0.1, 0.15) is 6.54 Å². The molecular formula is C24H26N2O3S. The minimum atomic E-state index is -3.89. The number of carbonyl (C=O) groups excluding carboxylic acids is 1. The van der Waals surface area contributed by atoms with Crippen molar-refractivity contribution in [3.05, 3.63) is 95.6 Å². The van der Waals surface area contributed by atoms with E-state index >= 15 is 0 Å². The molecule has 1 atom stereocenters. The number of para-hydroxylation sites is 1. The summed E-state index contributed by atoms with van der Waals surface area (Å²) >= 11 is 0. The molecule has 0 heterocycles. The largest absolute Gasteiger partial charge is 0.348 e. The first-order valence-electron chi connectivity index (χ1n) is 9.78. The fourth-order valence-electron chi connectivity index (χ4n) is 3.44. The molecule has 0 saturated heterocycles. The molecule has 6 heteroatoms. The lowest BCUT2D eigenvalue weighted by atomic mass is 10.0. The number of nitrogens with zero attached hydrogens (tertiary/aromatic N) is 1. The van der Waals surface area contributed by atoms with Crippen molar-refractivity contribution < 1.29 is 13.2 Å². The van der Waals surface area contributed by atoms with Gasteiger partial charge in [0, 0.05) is 0 Å². The van der Waals surface area contributed by atoms with Crippen molar-refractivity contribution in [2.75, 3.05) is 10.8 Å². The van der Waals surface area contributed by atoms with Crippen LogP contribution in [0.25, 0.3) is 0 Å². The van der Waals surface area contributed by atoms with Crippen molar-refractivity contribution in [1.82, 2.24) is 5.32 Å². The number of amides is 1. The predicted molar refractivity (Wildman–Crippen MR) is 120 cm³/mol. The van der Waals surface area contributed by atoms with Gasteiger partial charge in [0.2, 0.25) is 5.91 Å². The van der Waals surface area contributed by atoms with Crippen LogP contribution in [-0.4, -0.2) is 20.9 Å². The normalized spacial score (nSPS) is 12.2. The smallest absolute Gasteiger partial charge is 0.264 e. The van der Waals surface area contributed by atoms with Crippen LogP contribution in [0.15, 0.2) is 83.8 Å². The van der Waals surface area contributed by atoms with Gasteiger partial charge in [-0.2, -0.15) is 0 Å². The van der Waals surface area contributed by atoms with Gasteiger partial charge in [-0.25, -0.2) is 8.42 Å². The molecular weight excluding hydrogens is 396 g/mol. The van der Waals surface area contributed by atoms with Crippen LogP contribution in [0.2, 0.25) is 0 Å². The van der Waals surface area contributed by atoms with Gasteiger partial charge in [-0.1, -0.05) is 60.2 Å². The van der Waals surface area contributed by atoms with Crippen molar-refractivity contribution in [3.8, 4) is 0 Å². The number of carbonyl (C=O) groups is 1. The van der Waals surface area contributed by atoms with Crippen molar-refractivity contribution in [3.63, 3.8) is 0 Å². The van der Waals surface area contributed by atoms with Crippen LogP contribution in [-0.2, 0) is 14.8 Å². The van der Waals surface area contributed by atoms with E-state index in [1.165, 1.54) is 12.1 Å². The maximum absolute atomic E-state index is 13.3. The topological polar surface area (TPSA) is 66.5 Å². The van der Waals surface area contributed by atoms with Crippen LogP contribution in [0.5, 0.6) is 0 Å². The first-order chi connectivity index (χ1) is 14.3. The molecule has 3 aromatic rings. The highest BCUT2D eigenvalue weighted by Gasteiger charge is 2.27. The third-order valence-electron chi connectivity index (χ3n) is 4.93. The van der Waals surface area contributed by atoms with Crippen molar-refractivity contribution in [1.29, 1.82) is 0 Å². The molecule has 0 aromatic heterocycles. The van der Waals surface area contributed by atoms with Gasteiger partial charge in [-0.15, -0.1) is 0 Å². The second-order valence-corrected chi connectivity index (χ2v) is 9.17. The van der Waals surface area contributed by atoms with Crippen molar-refractivity contribution >= 4 is 21.6 Å². The number of aryl methyl sites for hydroxylation is 2. The molecule has 156 valence electrons. The summed E-state index contributed by atoms with van der Waals surface area (Å²) in [5.41, 5.74) is 3.68. The van der Waals surface area contributed by atoms with E-state index in [1.807, 2.05) is 32.9 Å². The summed E-state index contributed by atoms with van der Waals surface area (Å²) < 4.78 is 27.7. The number of rotatable bonds is 7. The molecule has 0 spiro atoms. The number of hydrogen-bond donors (Lipinski definition) is 1. The minimum absolute atomic E-state index is 0.143. The molecule has 1 amide bonds. The Labute approximate surface area is 178 Å². The fraction of sp³-hybridized carbons (Fsp3) is 0.208. The van der Waals surface area contributed by atoms with Crippen molar-refractivity contribution in [2.45, 2.75) is 31.7 Å². The molecule has 0 aliphatic rings. The van der Waals surface area contributed by atoms with Gasteiger partial charge < -0.3 is 5.32 Å². The van der Waals surface area contributed by atoms with E-state index < -0.39 is 10.0 Å². The number of sulfonamides is 1. The molecule has 5 nitrogen and oxygen atoms in total. The van der Waals surface area contributed by atoms with E-state index in [4.69, 9.17) is 0 Å². The van der Waals surface area contributed by atoms with E-state index in [0.29, 0.717) is 5.69 Å². The summed E-state index contributed by atoms with van der Waals surface area (Å²) in [6.07, 6.45) is 0. The standard InChI is InChI=1S/C24H26N2O3S/c1-18-14-15-23(19(2)16-18)20(3)25-24(27)17-26(21-10-6-4-7-11-21)30(28,29)22-12-8-5-9-13-22/h4-16,20H,17H2,1-3H3,(H,25,27)/t20-/m1/s1. The second kappa shape index (κ2) is 9.13. The SMILES string of the molecule is Cc1ccc([C@@H](C)NC(=O)CN(c2ccccc2)S(=O)(=O)c2ccccc2)c(C)c1. The zero-order chi connectivity index (χ0) is 21.7. The maximum atomic E-state index is 13.3. The van der Waals surface area contributed by atoms with Crippen LogP contribution in [0.3, 0.4) is 0 Å². The van der Waals surface area contributed by atoms with E-state index in [9.17, 15) is 13.2 Å². The van der Waals surface area contributed by atoms with Crippen LogP contribution >= 0.6 is 0 Å². The monoisotopic (exact) mass is 422 g/mol. The number of hydrogen-bond acceptors (Lipinski definition) is 3. The highest BCUT2D eigenvalue weighted by molar-refractivity contribution is 7.92. The second-order valence-electron chi connectivity index (χ2n) is 7.31. The van der Waals surface area contributed by atoms with Crippen molar-refractivity contribution in [2.24, 2.45) is 0 Å². The van der Waals surface area contributed by atoms with E-state index in [0.717, 1.165) is 21.0 Å². The van der Waals surface area contributed by atoms with Crippen LogP contribution in [0, 0.1) is 13.8 Å². The van der Waals surface area contributed by atoms with Gasteiger partial charge in [-0.05, 0) is 56.2 Å². The average Bonchev–Trinajstić information content (AvgIpc) is 2.73. The Hall–Kier alpha value is -3.12. The Kier molecular flexibility index (Phi) is 6.57. The Morgan fingerprint density at radius 2 is 1.53 bits per heavy atom. The lowest BCUT2D eigenvalue weighted by molar-refractivity contribution is -0.120. The molecule has 0 aliphatic heterocycles. The molecule has 0 aliphatic carbocycles. The Bertz CT molecular complexity index is 1110. The average molecular weight is 423 g/mol. The summed E-state index contributed by atoms with van der Waals surface area (Å²) in [7, 11) is -3.89. The summed E-state index contributed by atoms with van der Waals surface area (Å²) in [6.45, 7) is 5.61. The van der Waals surface area contributed by atoms with Crippen LogP contribution in [0.1, 0.15) is 29.7 Å². The lowest BCUT2D eigenvalue weighted by Crippen LogP contribution is -2.41. The Balaban J connectivity index is 1.86. The summed E-state index contributed by atoms with van der Waals surface area (Å²) in [5, 5.41) is 2.94. The number of benzene rings is 3. The quantitative estimate of drug-likeness (QED) is 0.615. The van der Waals surface area contributed by atoms with Crippen LogP contribution in [0.4, 0.5) is 5.69 Å². The van der Waals surface area contributed by atoms with Gasteiger partial charge in [-0.3, -0.25) is 9.10 Å². The summed E-state index contributed by atoms with van der Waals surface area (Å²) in [6, 6.07) is 22.6.